The summed E-state index contributed by atoms with van der Waals surface area (Å²) in [7, 11) is 0. The van der Waals surface area contributed by atoms with Gasteiger partial charge < -0.3 is 15.2 Å². The van der Waals surface area contributed by atoms with Gasteiger partial charge in [-0.2, -0.15) is 13.2 Å². The van der Waals surface area contributed by atoms with Crippen LogP contribution in [0.3, 0.4) is 0 Å². The molecule has 29 heavy (non-hydrogen) atoms. The summed E-state index contributed by atoms with van der Waals surface area (Å²) < 4.78 is 37.6. The Hall–Kier alpha value is -3.17. The van der Waals surface area contributed by atoms with Gasteiger partial charge in [-0.15, -0.1) is 0 Å². The highest BCUT2D eigenvalue weighted by atomic mass is 19.4. The van der Waals surface area contributed by atoms with Gasteiger partial charge in [0.15, 0.2) is 5.82 Å². The quantitative estimate of drug-likeness (QED) is 0.690. The highest BCUT2D eigenvalue weighted by Gasteiger charge is 2.45. The molecule has 0 spiro atoms. The predicted molar refractivity (Wildman–Crippen MR) is 105 cm³/mol. The Kier molecular flexibility index (Phi) is 4.64. The second kappa shape index (κ2) is 7.02. The summed E-state index contributed by atoms with van der Waals surface area (Å²) in [6.07, 6.45) is 1.67. The Bertz CT molecular complexity index is 1060. The Morgan fingerprint density at radius 2 is 2.17 bits per heavy atom. The molecule has 1 amide bonds. The molecule has 1 atom stereocenters. The van der Waals surface area contributed by atoms with E-state index in [1.807, 2.05) is 17.4 Å². The number of fused-ring (bicyclic) bond motifs is 1. The zero-order valence-electron chi connectivity index (χ0n) is 15.6. The number of H-pyrrole nitrogens is 1. The van der Waals surface area contributed by atoms with E-state index in [0.717, 1.165) is 10.9 Å². The van der Waals surface area contributed by atoms with Gasteiger partial charge in [-0.1, -0.05) is 0 Å². The van der Waals surface area contributed by atoms with Crippen molar-refractivity contribution in [3.63, 3.8) is 0 Å². The van der Waals surface area contributed by atoms with E-state index < -0.39 is 24.2 Å². The number of pyridine rings is 1. The van der Waals surface area contributed by atoms with Gasteiger partial charge in [0.2, 0.25) is 5.91 Å². The third-order valence-electron chi connectivity index (χ3n) is 5.19. The van der Waals surface area contributed by atoms with Gasteiger partial charge in [-0.25, -0.2) is 15.0 Å². The zero-order chi connectivity index (χ0) is 20.6. The van der Waals surface area contributed by atoms with Crippen LogP contribution < -0.4 is 10.2 Å². The lowest BCUT2D eigenvalue weighted by Crippen LogP contribution is -2.55. The fourth-order valence-corrected chi connectivity index (χ4v) is 3.71. The number of aromatic amines is 1. The highest BCUT2D eigenvalue weighted by molar-refractivity contribution is 5.92. The molecular formula is C19H23F3N6O. The zero-order valence-corrected chi connectivity index (χ0v) is 15.6. The van der Waals surface area contributed by atoms with E-state index in [4.69, 9.17) is 0 Å². The summed E-state index contributed by atoms with van der Waals surface area (Å²) in [5.74, 6) is 0.283. The van der Waals surface area contributed by atoms with E-state index in [2.05, 4.69) is 19.9 Å². The lowest BCUT2D eigenvalue weighted by Gasteiger charge is -2.35. The molecule has 1 aliphatic heterocycles. The summed E-state index contributed by atoms with van der Waals surface area (Å²) in [6, 6.07) is 5.37. The Morgan fingerprint density at radius 3 is 2.97 bits per heavy atom. The first kappa shape index (κ1) is 19.2. The van der Waals surface area contributed by atoms with Crippen LogP contribution >= 0.6 is 0 Å². The van der Waals surface area contributed by atoms with Crippen LogP contribution in [0.1, 0.15) is 22.6 Å². The minimum atomic E-state index is -4.46. The van der Waals surface area contributed by atoms with E-state index in [9.17, 15) is 18.0 Å². The van der Waals surface area contributed by atoms with Gasteiger partial charge in [0, 0.05) is 38.9 Å². The second-order valence-corrected chi connectivity index (χ2v) is 7.17. The van der Waals surface area contributed by atoms with Gasteiger partial charge in [0.05, 0.1) is 0 Å². The molecule has 0 radical (unpaired) electrons. The van der Waals surface area contributed by atoms with Crippen LogP contribution in [0.25, 0.3) is 22.4 Å². The number of carbonyl (C=O) groups excluding carboxylic acids is 1. The topological polar surface area (TPSA) is 86.8 Å². The van der Waals surface area contributed by atoms with E-state index >= 15 is 0 Å². The second-order valence-electron chi connectivity index (χ2n) is 7.17. The van der Waals surface area contributed by atoms with Crippen LogP contribution in [0.2, 0.25) is 0 Å². The first-order valence-corrected chi connectivity index (χ1v) is 9.16. The molecule has 1 saturated heterocycles. The van der Waals surface area contributed by atoms with Crippen molar-refractivity contribution in [2.45, 2.75) is 31.5 Å². The maximum Gasteiger partial charge on any atom is 0.405 e. The number of anilines is 1. The third-order valence-corrected chi connectivity index (χ3v) is 5.19. The normalized spacial score (nSPS) is 19.7. The monoisotopic (exact) mass is 408 g/mol. The van der Waals surface area contributed by atoms with Crippen LogP contribution in [0.5, 0.6) is 0 Å². The number of hydrogen-bond acceptors (Lipinski definition) is 5. The molecule has 0 aliphatic carbocycles. The fourth-order valence-electron chi connectivity index (χ4n) is 3.71. The molecular weight excluding hydrogens is 385 g/mol. The van der Waals surface area contributed by atoms with Crippen molar-refractivity contribution in [2.75, 3.05) is 18.0 Å². The molecule has 156 valence electrons. The Morgan fingerprint density at radius 1 is 1.34 bits per heavy atom. The average molecular weight is 408 g/mol. The number of carbonyl (C=O) groups is 1. The summed E-state index contributed by atoms with van der Waals surface area (Å²) in [6.45, 7) is 0.803. The number of rotatable bonds is 4. The smallest absolute Gasteiger partial charge is 0.345 e. The van der Waals surface area contributed by atoms with Crippen molar-refractivity contribution >= 4 is 22.8 Å². The minimum absolute atomic E-state index is 0. The number of aromatic nitrogens is 4. The molecule has 2 N–H and O–H groups in total. The SMILES string of the molecule is CC1(C(=O)NCC(F)(F)F)CCCN1c1ccnc(-c2c[nH]c3ncccc23)n1.[HH].[HH]. The molecule has 1 fully saturated rings. The van der Waals surface area contributed by atoms with Gasteiger partial charge in [0.1, 0.15) is 23.5 Å². The van der Waals surface area contributed by atoms with Gasteiger partial charge in [0.25, 0.3) is 0 Å². The Labute approximate surface area is 167 Å². The molecule has 0 aromatic carbocycles. The number of halogens is 3. The summed E-state index contributed by atoms with van der Waals surface area (Å²) >= 11 is 0. The first-order valence-electron chi connectivity index (χ1n) is 9.16. The third kappa shape index (κ3) is 3.62. The van der Waals surface area contributed by atoms with Crippen LogP contribution in [-0.4, -0.2) is 50.6 Å². The molecule has 4 heterocycles. The molecule has 4 rings (SSSR count). The molecule has 1 aliphatic rings. The van der Waals surface area contributed by atoms with E-state index in [-0.39, 0.29) is 2.85 Å². The predicted octanol–water partition coefficient (Wildman–Crippen LogP) is 3.55. The highest BCUT2D eigenvalue weighted by Crippen LogP contribution is 2.34. The van der Waals surface area contributed by atoms with Gasteiger partial charge in [-0.3, -0.25) is 4.79 Å². The maximum atomic E-state index is 12.6. The molecule has 3 aromatic rings. The lowest BCUT2D eigenvalue weighted by atomic mass is 9.97. The lowest BCUT2D eigenvalue weighted by molar-refractivity contribution is -0.141. The number of nitrogens with zero attached hydrogens (tertiary/aromatic N) is 4. The largest absolute Gasteiger partial charge is 0.405 e. The minimum Gasteiger partial charge on any atom is -0.345 e. The van der Waals surface area contributed by atoms with Gasteiger partial charge in [-0.05, 0) is 38.0 Å². The molecule has 0 saturated carbocycles. The van der Waals surface area contributed by atoms with Crippen LogP contribution in [0.15, 0.2) is 36.8 Å². The van der Waals surface area contributed by atoms with Crippen molar-refractivity contribution in [3.8, 4) is 11.4 Å². The molecule has 0 bridgehead atoms. The van der Waals surface area contributed by atoms with E-state index in [1.54, 1.807) is 36.5 Å². The molecule has 7 nitrogen and oxygen atoms in total. The summed E-state index contributed by atoms with van der Waals surface area (Å²) in [5, 5.41) is 2.87. The van der Waals surface area contributed by atoms with Crippen molar-refractivity contribution in [3.05, 3.63) is 36.8 Å². The Balaban J connectivity index is 0.00000171. The van der Waals surface area contributed by atoms with Gasteiger partial charge >= 0.3 is 6.18 Å². The van der Waals surface area contributed by atoms with Crippen LogP contribution in [0, 0.1) is 0 Å². The van der Waals surface area contributed by atoms with Crippen molar-refractivity contribution in [2.24, 2.45) is 0 Å². The number of alkyl halides is 3. The molecule has 1 unspecified atom stereocenters. The number of nitrogens with one attached hydrogen (secondary N) is 2. The average Bonchev–Trinajstić information content (AvgIpc) is 3.30. The van der Waals surface area contributed by atoms with Crippen molar-refractivity contribution in [1.29, 1.82) is 0 Å². The number of amides is 1. The van der Waals surface area contributed by atoms with Crippen molar-refractivity contribution in [1.82, 2.24) is 25.3 Å². The maximum absolute atomic E-state index is 12.6. The molecule has 3 aromatic heterocycles. The van der Waals surface area contributed by atoms with Crippen LogP contribution in [0.4, 0.5) is 19.0 Å². The van der Waals surface area contributed by atoms with Crippen LogP contribution in [-0.2, 0) is 4.79 Å². The number of hydrogen-bond donors (Lipinski definition) is 2. The van der Waals surface area contributed by atoms with E-state index in [1.165, 1.54) is 0 Å². The summed E-state index contributed by atoms with van der Waals surface area (Å²) in [5.41, 5.74) is 0.352. The standard InChI is InChI=1S/C19H19F3N6O.2H2/c1-18(17(29)26-11-19(20,21)22)6-3-9-28(18)14-5-8-24-16(27-14)13-10-25-15-12(13)4-2-7-23-15;;/h2,4-5,7-8,10H,3,6,9,11H2,1H3,(H,23,25)(H,26,29);2*1H. The van der Waals surface area contributed by atoms with E-state index in [0.29, 0.717) is 36.7 Å². The first-order chi connectivity index (χ1) is 13.8. The van der Waals surface area contributed by atoms with Crippen molar-refractivity contribution < 1.29 is 20.8 Å². The summed E-state index contributed by atoms with van der Waals surface area (Å²) in [4.78, 5) is 30.6. The fraction of sp³-hybridized carbons (Fsp3) is 0.368. The molecule has 10 heteroatoms.